The molecule has 0 atom stereocenters. The van der Waals surface area contributed by atoms with Crippen molar-refractivity contribution in [3.8, 4) is 0 Å². The van der Waals surface area contributed by atoms with E-state index in [9.17, 15) is 4.79 Å². The number of nitrogens with zero attached hydrogens (tertiary/aromatic N) is 2. The highest BCUT2D eigenvalue weighted by Crippen LogP contribution is 2.32. The van der Waals surface area contributed by atoms with Crippen molar-refractivity contribution < 1.29 is 9.53 Å². The summed E-state index contributed by atoms with van der Waals surface area (Å²) in [5, 5.41) is 3.34. The highest BCUT2D eigenvalue weighted by Gasteiger charge is 2.42. The number of likely N-dealkylation sites (N-methyl/N-ethyl adjacent to an activating group) is 1. The maximum atomic E-state index is 12.9. The fourth-order valence-corrected chi connectivity index (χ4v) is 3.20. The number of rotatable bonds is 4. The molecule has 0 unspecified atom stereocenters. The van der Waals surface area contributed by atoms with Crippen LogP contribution in [0.25, 0.3) is 0 Å². The van der Waals surface area contributed by atoms with Crippen LogP contribution in [0.15, 0.2) is 0 Å². The Labute approximate surface area is 140 Å². The van der Waals surface area contributed by atoms with Gasteiger partial charge in [-0.2, -0.15) is 0 Å². The minimum Gasteiger partial charge on any atom is -0.384 e. The Morgan fingerprint density at radius 2 is 1.71 bits per heavy atom. The first-order valence-electron chi connectivity index (χ1n) is 7.43. The maximum Gasteiger partial charge on any atom is 0.231 e. The number of carbonyl (C=O) groups is 1. The topological polar surface area (TPSA) is 44.8 Å². The highest BCUT2D eigenvalue weighted by molar-refractivity contribution is 5.85. The van der Waals surface area contributed by atoms with E-state index in [1.165, 1.54) is 0 Å². The van der Waals surface area contributed by atoms with Crippen LogP contribution in [0.4, 0.5) is 0 Å². The number of amides is 1. The Bertz CT molecular complexity index is 299. The van der Waals surface area contributed by atoms with Crippen molar-refractivity contribution >= 4 is 30.7 Å². The quantitative estimate of drug-likeness (QED) is 0.828. The van der Waals surface area contributed by atoms with Crippen molar-refractivity contribution in [3.63, 3.8) is 0 Å². The second kappa shape index (κ2) is 9.85. The van der Waals surface area contributed by atoms with E-state index < -0.39 is 0 Å². The summed E-state index contributed by atoms with van der Waals surface area (Å²) in [6.45, 7) is 9.39. The largest absolute Gasteiger partial charge is 0.384 e. The Morgan fingerprint density at radius 3 is 2.19 bits per heavy atom. The lowest BCUT2D eigenvalue weighted by Gasteiger charge is -2.42. The molecule has 21 heavy (non-hydrogen) atoms. The van der Waals surface area contributed by atoms with Crippen LogP contribution >= 0.6 is 24.8 Å². The van der Waals surface area contributed by atoms with Crippen LogP contribution in [0.5, 0.6) is 0 Å². The first-order chi connectivity index (χ1) is 9.22. The van der Waals surface area contributed by atoms with Gasteiger partial charge in [-0.3, -0.25) is 4.79 Å². The van der Waals surface area contributed by atoms with Gasteiger partial charge in [-0.05, 0) is 32.5 Å². The summed E-state index contributed by atoms with van der Waals surface area (Å²) in [5.41, 5.74) is -0.283. The number of piperidine rings is 1. The van der Waals surface area contributed by atoms with E-state index in [4.69, 9.17) is 4.74 Å². The number of nitrogens with one attached hydrogen (secondary N) is 1. The second-order valence-corrected chi connectivity index (χ2v) is 5.69. The maximum absolute atomic E-state index is 12.9. The fourth-order valence-electron chi connectivity index (χ4n) is 3.20. The molecule has 1 N–H and O–H groups in total. The van der Waals surface area contributed by atoms with Gasteiger partial charge in [-0.25, -0.2) is 0 Å². The third-order valence-corrected chi connectivity index (χ3v) is 4.54. The highest BCUT2D eigenvalue weighted by atomic mass is 35.5. The van der Waals surface area contributed by atoms with Gasteiger partial charge in [-0.15, -0.1) is 24.8 Å². The zero-order valence-electron chi connectivity index (χ0n) is 13.1. The summed E-state index contributed by atoms with van der Waals surface area (Å²) in [6, 6.07) is 0. The number of methoxy groups -OCH3 is 1. The monoisotopic (exact) mass is 341 g/mol. The molecule has 0 aromatic heterocycles. The molecule has 0 aromatic rings. The van der Waals surface area contributed by atoms with E-state index in [1.807, 2.05) is 0 Å². The molecule has 2 fully saturated rings. The molecule has 2 rings (SSSR count). The number of ether oxygens (including phenoxy) is 1. The summed E-state index contributed by atoms with van der Waals surface area (Å²) in [7, 11) is 1.70. The van der Waals surface area contributed by atoms with Gasteiger partial charge in [0.15, 0.2) is 0 Å². The molecule has 0 spiro atoms. The van der Waals surface area contributed by atoms with E-state index in [0.29, 0.717) is 12.5 Å². The Kier molecular flexibility index (Phi) is 9.81. The first-order valence-corrected chi connectivity index (χ1v) is 7.43. The van der Waals surface area contributed by atoms with Crippen LogP contribution < -0.4 is 5.32 Å². The summed E-state index contributed by atoms with van der Waals surface area (Å²) >= 11 is 0. The number of hydrogen-bond donors (Lipinski definition) is 1. The van der Waals surface area contributed by atoms with E-state index in [-0.39, 0.29) is 30.2 Å². The minimum atomic E-state index is -0.283. The van der Waals surface area contributed by atoms with Crippen LogP contribution in [0, 0.1) is 5.41 Å². The standard InChI is InChI=1S/C14H27N3O2.2ClH/c1-3-16-8-10-17(11-9-16)13(18)14(12-19-2)4-6-15-7-5-14;;/h15H,3-12H2,1-2H3;2*1H. The molecule has 0 radical (unpaired) electrons. The van der Waals surface area contributed by atoms with Gasteiger partial charge in [0, 0.05) is 33.3 Å². The molecule has 1 amide bonds. The van der Waals surface area contributed by atoms with Gasteiger partial charge in [0.25, 0.3) is 0 Å². The molecule has 0 aliphatic carbocycles. The molecule has 2 saturated heterocycles. The average molecular weight is 342 g/mol. The van der Waals surface area contributed by atoms with E-state index in [1.54, 1.807) is 7.11 Å². The molecule has 2 aliphatic rings. The third kappa shape index (κ3) is 4.96. The number of piperazine rings is 1. The summed E-state index contributed by atoms with van der Waals surface area (Å²) in [5.74, 6) is 0.312. The summed E-state index contributed by atoms with van der Waals surface area (Å²) < 4.78 is 5.35. The third-order valence-electron chi connectivity index (χ3n) is 4.54. The summed E-state index contributed by atoms with van der Waals surface area (Å²) in [4.78, 5) is 17.3. The molecule has 0 aromatic carbocycles. The van der Waals surface area contributed by atoms with Crippen molar-refractivity contribution in [2.75, 3.05) is 59.5 Å². The van der Waals surface area contributed by atoms with Gasteiger partial charge in [0.2, 0.25) is 5.91 Å². The van der Waals surface area contributed by atoms with Crippen LogP contribution in [0.3, 0.4) is 0 Å². The molecular formula is C14H29Cl2N3O2. The Hall–Kier alpha value is -0.0700. The Balaban J connectivity index is 0.00000200. The van der Waals surface area contributed by atoms with E-state index >= 15 is 0 Å². The van der Waals surface area contributed by atoms with E-state index in [0.717, 1.165) is 58.7 Å². The van der Waals surface area contributed by atoms with Crippen molar-refractivity contribution in [1.29, 1.82) is 0 Å². The predicted molar refractivity (Wildman–Crippen MR) is 89.6 cm³/mol. The van der Waals surface area contributed by atoms with Crippen LogP contribution in [0.1, 0.15) is 19.8 Å². The Morgan fingerprint density at radius 1 is 1.14 bits per heavy atom. The van der Waals surface area contributed by atoms with Crippen molar-refractivity contribution in [2.24, 2.45) is 5.41 Å². The molecule has 0 bridgehead atoms. The second-order valence-electron chi connectivity index (χ2n) is 5.69. The van der Waals surface area contributed by atoms with Crippen molar-refractivity contribution in [1.82, 2.24) is 15.1 Å². The van der Waals surface area contributed by atoms with Gasteiger partial charge in [0.05, 0.1) is 12.0 Å². The lowest BCUT2D eigenvalue weighted by Crippen LogP contribution is -2.56. The number of hydrogen-bond acceptors (Lipinski definition) is 4. The van der Waals surface area contributed by atoms with Gasteiger partial charge < -0.3 is 19.9 Å². The molecule has 2 heterocycles. The molecule has 2 aliphatic heterocycles. The SMILES string of the molecule is CCN1CCN(C(=O)C2(COC)CCNCC2)CC1.Cl.Cl. The zero-order valence-corrected chi connectivity index (χ0v) is 14.7. The van der Waals surface area contributed by atoms with Crippen LogP contribution in [0.2, 0.25) is 0 Å². The van der Waals surface area contributed by atoms with Crippen LogP contribution in [-0.4, -0.2) is 75.2 Å². The predicted octanol–water partition coefficient (Wildman–Crippen LogP) is 1.01. The summed E-state index contributed by atoms with van der Waals surface area (Å²) in [6.07, 6.45) is 1.79. The minimum absolute atomic E-state index is 0. The number of carbonyl (C=O) groups excluding carboxylic acids is 1. The molecular weight excluding hydrogens is 313 g/mol. The molecule has 0 saturated carbocycles. The van der Waals surface area contributed by atoms with Gasteiger partial charge >= 0.3 is 0 Å². The normalized spacial score (nSPS) is 22.1. The molecule has 126 valence electrons. The first kappa shape index (κ1) is 20.9. The average Bonchev–Trinajstić information content (AvgIpc) is 2.48. The van der Waals surface area contributed by atoms with Crippen molar-refractivity contribution in [3.05, 3.63) is 0 Å². The van der Waals surface area contributed by atoms with Gasteiger partial charge in [0.1, 0.15) is 0 Å². The van der Waals surface area contributed by atoms with Crippen molar-refractivity contribution in [2.45, 2.75) is 19.8 Å². The lowest BCUT2D eigenvalue weighted by atomic mass is 9.78. The fraction of sp³-hybridized carbons (Fsp3) is 0.929. The zero-order chi connectivity index (χ0) is 13.7. The number of halogens is 2. The van der Waals surface area contributed by atoms with Crippen LogP contribution in [-0.2, 0) is 9.53 Å². The molecule has 5 nitrogen and oxygen atoms in total. The lowest BCUT2D eigenvalue weighted by molar-refractivity contribution is -0.149. The van der Waals surface area contributed by atoms with E-state index in [2.05, 4.69) is 22.0 Å². The van der Waals surface area contributed by atoms with Gasteiger partial charge in [-0.1, -0.05) is 6.92 Å². The smallest absolute Gasteiger partial charge is 0.231 e. The molecule has 7 heteroatoms.